The van der Waals surface area contributed by atoms with Gasteiger partial charge in [-0.2, -0.15) is 5.10 Å². The van der Waals surface area contributed by atoms with Crippen molar-refractivity contribution in [2.75, 3.05) is 5.32 Å². The van der Waals surface area contributed by atoms with Crippen LogP contribution in [0, 0.1) is 6.92 Å². The molecule has 1 aliphatic carbocycles. The van der Waals surface area contributed by atoms with Gasteiger partial charge in [0.25, 0.3) is 0 Å². The lowest BCUT2D eigenvalue weighted by molar-refractivity contribution is 0.462. The molecule has 2 aromatic heterocycles. The van der Waals surface area contributed by atoms with Crippen LogP contribution in [-0.2, 0) is 0 Å². The van der Waals surface area contributed by atoms with Crippen molar-refractivity contribution in [3.05, 3.63) is 36.3 Å². The largest absolute Gasteiger partial charge is 0.366 e. The van der Waals surface area contributed by atoms with E-state index in [-0.39, 0.29) is 0 Å². The van der Waals surface area contributed by atoms with Crippen LogP contribution in [-0.4, -0.2) is 26.2 Å². The van der Waals surface area contributed by atoms with E-state index in [4.69, 9.17) is 4.98 Å². The molecule has 23 heavy (non-hydrogen) atoms. The van der Waals surface area contributed by atoms with E-state index in [2.05, 4.69) is 32.6 Å². The van der Waals surface area contributed by atoms with Gasteiger partial charge in [-0.05, 0) is 31.9 Å². The average Bonchev–Trinajstić information content (AvgIpc) is 2.97. The van der Waals surface area contributed by atoms with Crippen molar-refractivity contribution >= 4 is 16.7 Å². The molecule has 3 aromatic rings. The first-order chi connectivity index (χ1) is 11.3. The van der Waals surface area contributed by atoms with Crippen LogP contribution in [0.25, 0.3) is 22.2 Å². The molecule has 2 N–H and O–H groups in total. The molecule has 0 aliphatic heterocycles. The van der Waals surface area contributed by atoms with E-state index >= 15 is 0 Å². The van der Waals surface area contributed by atoms with Crippen molar-refractivity contribution in [1.82, 2.24) is 20.2 Å². The second-order valence-corrected chi connectivity index (χ2v) is 6.35. The van der Waals surface area contributed by atoms with Crippen molar-refractivity contribution in [3.8, 4) is 11.3 Å². The molecule has 4 rings (SSSR count). The zero-order chi connectivity index (χ0) is 15.6. The number of nitrogens with zero attached hydrogens (tertiary/aromatic N) is 3. The van der Waals surface area contributed by atoms with Crippen molar-refractivity contribution in [3.63, 3.8) is 0 Å². The van der Waals surface area contributed by atoms with Gasteiger partial charge in [-0.1, -0.05) is 25.3 Å². The van der Waals surface area contributed by atoms with Crippen LogP contribution in [0.15, 0.2) is 30.6 Å². The molecule has 118 valence electrons. The SMILES string of the molecule is Cc1[nH]nc2ccc(-c3cncc(NC4CCCCC4)n3)cc12. The van der Waals surface area contributed by atoms with E-state index in [1.165, 1.54) is 32.1 Å². The van der Waals surface area contributed by atoms with Crippen LogP contribution < -0.4 is 5.32 Å². The summed E-state index contributed by atoms with van der Waals surface area (Å²) in [6.07, 6.45) is 10.1. The lowest BCUT2D eigenvalue weighted by atomic mass is 9.95. The minimum atomic E-state index is 0.534. The van der Waals surface area contributed by atoms with Crippen molar-refractivity contribution in [2.24, 2.45) is 0 Å². The number of anilines is 1. The summed E-state index contributed by atoms with van der Waals surface area (Å²) in [6.45, 7) is 2.03. The van der Waals surface area contributed by atoms with E-state index in [1.54, 1.807) is 0 Å². The van der Waals surface area contributed by atoms with Gasteiger partial charge in [0.2, 0.25) is 0 Å². The Hall–Kier alpha value is -2.43. The lowest BCUT2D eigenvalue weighted by Gasteiger charge is -2.23. The molecule has 1 aromatic carbocycles. The Kier molecular flexibility index (Phi) is 3.69. The van der Waals surface area contributed by atoms with E-state index in [9.17, 15) is 0 Å². The van der Waals surface area contributed by atoms with Crippen LogP contribution in [0.5, 0.6) is 0 Å². The molecule has 1 saturated carbocycles. The summed E-state index contributed by atoms with van der Waals surface area (Å²) in [6, 6.07) is 6.74. The zero-order valence-electron chi connectivity index (χ0n) is 13.3. The van der Waals surface area contributed by atoms with Crippen LogP contribution >= 0.6 is 0 Å². The number of benzene rings is 1. The van der Waals surface area contributed by atoms with Gasteiger partial charge in [-0.15, -0.1) is 0 Å². The van der Waals surface area contributed by atoms with Crippen molar-refractivity contribution < 1.29 is 0 Å². The highest BCUT2D eigenvalue weighted by Crippen LogP contribution is 2.25. The zero-order valence-corrected chi connectivity index (χ0v) is 13.3. The highest BCUT2D eigenvalue weighted by Gasteiger charge is 2.14. The summed E-state index contributed by atoms with van der Waals surface area (Å²) >= 11 is 0. The van der Waals surface area contributed by atoms with Gasteiger partial charge in [-0.25, -0.2) is 4.98 Å². The molecular formula is C18H21N5. The fraction of sp³-hybridized carbons (Fsp3) is 0.389. The number of aromatic nitrogens is 4. The summed E-state index contributed by atoms with van der Waals surface area (Å²) in [7, 11) is 0. The van der Waals surface area contributed by atoms with E-state index < -0.39 is 0 Å². The normalized spacial score (nSPS) is 15.9. The fourth-order valence-electron chi connectivity index (χ4n) is 3.33. The second-order valence-electron chi connectivity index (χ2n) is 6.35. The Labute approximate surface area is 135 Å². The Bertz CT molecular complexity index is 817. The maximum atomic E-state index is 4.75. The molecule has 0 bridgehead atoms. The highest BCUT2D eigenvalue weighted by atomic mass is 15.1. The van der Waals surface area contributed by atoms with Gasteiger partial charge in [0.05, 0.1) is 23.6 Å². The predicted octanol–water partition coefficient (Wildman–Crippen LogP) is 4.07. The summed E-state index contributed by atoms with van der Waals surface area (Å²) in [5.41, 5.74) is 4.03. The number of aromatic amines is 1. The Morgan fingerprint density at radius 2 is 2.00 bits per heavy atom. The smallest absolute Gasteiger partial charge is 0.145 e. The summed E-state index contributed by atoms with van der Waals surface area (Å²) in [5, 5.41) is 12.0. The standard InChI is InChI=1S/C18H21N5/c1-12-15-9-13(7-8-16(15)23-22-12)17-10-19-11-18(21-17)20-14-5-3-2-4-6-14/h7-11,14H,2-6H2,1H3,(H,20,21)(H,22,23). The first kappa shape index (κ1) is 14.2. The van der Waals surface area contributed by atoms with Gasteiger partial charge in [0, 0.05) is 22.7 Å². The number of nitrogens with one attached hydrogen (secondary N) is 2. The van der Waals surface area contributed by atoms with E-state index in [0.717, 1.165) is 33.7 Å². The molecule has 0 radical (unpaired) electrons. The number of hydrogen-bond donors (Lipinski definition) is 2. The molecule has 0 saturated heterocycles. The molecule has 0 unspecified atom stereocenters. The van der Waals surface area contributed by atoms with Crippen LogP contribution in [0.2, 0.25) is 0 Å². The van der Waals surface area contributed by atoms with Gasteiger partial charge in [0.15, 0.2) is 0 Å². The Morgan fingerprint density at radius 3 is 2.87 bits per heavy atom. The lowest BCUT2D eigenvalue weighted by Crippen LogP contribution is -2.22. The minimum absolute atomic E-state index is 0.534. The van der Waals surface area contributed by atoms with Gasteiger partial charge in [0.1, 0.15) is 5.82 Å². The number of hydrogen-bond acceptors (Lipinski definition) is 4. The fourth-order valence-corrected chi connectivity index (χ4v) is 3.33. The third-order valence-electron chi connectivity index (χ3n) is 4.63. The van der Waals surface area contributed by atoms with Crippen LogP contribution in [0.4, 0.5) is 5.82 Å². The third-order valence-corrected chi connectivity index (χ3v) is 4.63. The molecule has 1 fully saturated rings. The summed E-state index contributed by atoms with van der Waals surface area (Å²) < 4.78 is 0. The third kappa shape index (κ3) is 2.91. The summed E-state index contributed by atoms with van der Waals surface area (Å²) in [4.78, 5) is 9.12. The monoisotopic (exact) mass is 307 g/mol. The van der Waals surface area contributed by atoms with Crippen LogP contribution in [0.1, 0.15) is 37.8 Å². The van der Waals surface area contributed by atoms with E-state index in [1.807, 2.05) is 25.4 Å². The van der Waals surface area contributed by atoms with Gasteiger partial charge in [-0.3, -0.25) is 10.1 Å². The quantitative estimate of drug-likeness (QED) is 0.765. The number of H-pyrrole nitrogens is 1. The number of rotatable bonds is 3. The second kappa shape index (κ2) is 5.99. The molecule has 0 spiro atoms. The molecular weight excluding hydrogens is 286 g/mol. The maximum absolute atomic E-state index is 4.75. The minimum Gasteiger partial charge on any atom is -0.366 e. The summed E-state index contributed by atoms with van der Waals surface area (Å²) in [5.74, 6) is 0.874. The molecule has 1 aliphatic rings. The van der Waals surface area contributed by atoms with Gasteiger partial charge < -0.3 is 5.32 Å². The highest BCUT2D eigenvalue weighted by molar-refractivity contribution is 5.85. The molecule has 2 heterocycles. The molecule has 0 amide bonds. The topological polar surface area (TPSA) is 66.5 Å². The average molecular weight is 307 g/mol. The molecule has 5 nitrogen and oxygen atoms in total. The first-order valence-electron chi connectivity index (χ1n) is 8.33. The van der Waals surface area contributed by atoms with Crippen LogP contribution in [0.3, 0.4) is 0 Å². The van der Waals surface area contributed by atoms with Crippen molar-refractivity contribution in [2.45, 2.75) is 45.1 Å². The first-order valence-corrected chi connectivity index (χ1v) is 8.33. The predicted molar refractivity (Wildman–Crippen MR) is 92.4 cm³/mol. The number of fused-ring (bicyclic) bond motifs is 1. The maximum Gasteiger partial charge on any atom is 0.145 e. The molecule has 5 heteroatoms. The van der Waals surface area contributed by atoms with Gasteiger partial charge >= 0.3 is 0 Å². The molecule has 0 atom stereocenters. The van der Waals surface area contributed by atoms with Crippen molar-refractivity contribution in [1.29, 1.82) is 0 Å². The number of aryl methyl sites for hydroxylation is 1. The van der Waals surface area contributed by atoms with E-state index in [0.29, 0.717) is 6.04 Å². The Balaban J connectivity index is 1.62. The Morgan fingerprint density at radius 1 is 1.13 bits per heavy atom.